The topological polar surface area (TPSA) is 84.0 Å². The third-order valence-corrected chi connectivity index (χ3v) is 3.88. The second kappa shape index (κ2) is 4.56. The van der Waals surface area contributed by atoms with Crippen LogP contribution in [-0.2, 0) is 4.74 Å². The Morgan fingerprint density at radius 1 is 1.56 bits per heavy atom. The number of aromatic nitrogens is 1. The Labute approximate surface area is 106 Å². The minimum atomic E-state index is 0.133. The summed E-state index contributed by atoms with van der Waals surface area (Å²) in [6, 6.07) is 5.90. The van der Waals surface area contributed by atoms with Crippen molar-refractivity contribution in [3.63, 3.8) is 0 Å². The van der Waals surface area contributed by atoms with E-state index < -0.39 is 0 Å². The number of ether oxygens (including phenoxy) is 1. The molecule has 5 nitrogen and oxygen atoms in total. The van der Waals surface area contributed by atoms with Gasteiger partial charge in [-0.2, -0.15) is 5.26 Å². The molecule has 0 aromatic carbocycles. The van der Waals surface area contributed by atoms with E-state index in [4.69, 9.17) is 15.7 Å². The molecule has 1 saturated carbocycles. The van der Waals surface area contributed by atoms with Crippen molar-refractivity contribution < 1.29 is 4.74 Å². The number of hydrogen-bond donors (Lipinski definition) is 2. The average Bonchev–Trinajstić information content (AvgIpc) is 2.44. The fourth-order valence-corrected chi connectivity index (χ4v) is 2.90. The van der Waals surface area contributed by atoms with E-state index in [1.165, 1.54) is 0 Å². The number of pyridine rings is 1. The minimum absolute atomic E-state index is 0.133. The Kier molecular flexibility index (Phi) is 2.90. The van der Waals surface area contributed by atoms with Crippen molar-refractivity contribution in [2.24, 2.45) is 11.7 Å². The lowest BCUT2D eigenvalue weighted by atomic mass is 9.68. The van der Waals surface area contributed by atoms with Crippen LogP contribution in [0.15, 0.2) is 18.3 Å². The minimum Gasteiger partial charge on any atom is -0.378 e. The quantitative estimate of drug-likeness (QED) is 0.806. The number of nitriles is 1. The monoisotopic (exact) mass is 244 g/mol. The van der Waals surface area contributed by atoms with Crippen LogP contribution in [-0.4, -0.2) is 29.8 Å². The maximum absolute atomic E-state index is 8.82. The number of anilines is 1. The van der Waals surface area contributed by atoms with Gasteiger partial charge < -0.3 is 15.8 Å². The Balaban J connectivity index is 1.71. The summed E-state index contributed by atoms with van der Waals surface area (Å²) in [6.45, 7) is 0.825. The standard InChI is InChI=1S/C13H16N4O/c14-7-9-6-8(3-4-16-9)17-12-11(15)10-2-1-5-18-13(10)12/h3-4,6,10-13H,1-2,5,15H2,(H,16,17). The van der Waals surface area contributed by atoms with E-state index in [1.807, 2.05) is 12.1 Å². The lowest BCUT2D eigenvalue weighted by molar-refractivity contribution is -0.104. The van der Waals surface area contributed by atoms with E-state index >= 15 is 0 Å². The summed E-state index contributed by atoms with van der Waals surface area (Å²) in [4.78, 5) is 3.95. The van der Waals surface area contributed by atoms with Crippen LogP contribution in [0.4, 0.5) is 5.69 Å². The van der Waals surface area contributed by atoms with E-state index in [0.717, 1.165) is 25.1 Å². The highest BCUT2D eigenvalue weighted by Gasteiger charge is 2.50. The summed E-state index contributed by atoms with van der Waals surface area (Å²) in [6.07, 6.45) is 4.11. The molecular formula is C13H16N4O. The highest BCUT2D eigenvalue weighted by Crippen LogP contribution is 2.38. The molecular weight excluding hydrogens is 228 g/mol. The summed E-state index contributed by atoms with van der Waals surface area (Å²) in [5.41, 5.74) is 7.47. The Morgan fingerprint density at radius 2 is 2.44 bits per heavy atom. The maximum Gasteiger partial charge on any atom is 0.142 e. The number of nitrogens with zero attached hydrogens (tertiary/aromatic N) is 2. The largest absolute Gasteiger partial charge is 0.378 e. The zero-order valence-corrected chi connectivity index (χ0v) is 10.0. The molecule has 0 amide bonds. The van der Waals surface area contributed by atoms with Gasteiger partial charge in [-0.25, -0.2) is 4.98 Å². The number of fused-ring (bicyclic) bond motifs is 1. The lowest BCUT2D eigenvalue weighted by Crippen LogP contribution is -2.69. The fourth-order valence-electron chi connectivity index (χ4n) is 2.90. The van der Waals surface area contributed by atoms with E-state index in [1.54, 1.807) is 12.3 Å². The van der Waals surface area contributed by atoms with Gasteiger partial charge in [-0.05, 0) is 25.0 Å². The van der Waals surface area contributed by atoms with E-state index in [9.17, 15) is 0 Å². The molecule has 2 aliphatic rings. The third-order valence-electron chi connectivity index (χ3n) is 3.88. The molecule has 1 aromatic rings. The maximum atomic E-state index is 8.82. The van der Waals surface area contributed by atoms with Crippen molar-refractivity contribution in [3.05, 3.63) is 24.0 Å². The molecule has 18 heavy (non-hydrogen) atoms. The van der Waals surface area contributed by atoms with Crippen molar-refractivity contribution in [2.75, 3.05) is 11.9 Å². The van der Waals surface area contributed by atoms with Gasteiger partial charge in [0, 0.05) is 30.5 Å². The Bertz CT molecular complexity index is 484. The van der Waals surface area contributed by atoms with Gasteiger partial charge in [-0.1, -0.05) is 0 Å². The molecule has 1 saturated heterocycles. The van der Waals surface area contributed by atoms with Gasteiger partial charge in [0.1, 0.15) is 11.8 Å². The summed E-state index contributed by atoms with van der Waals surface area (Å²) in [5.74, 6) is 0.480. The molecule has 94 valence electrons. The van der Waals surface area contributed by atoms with Crippen LogP contribution in [0.3, 0.4) is 0 Å². The molecule has 4 atom stereocenters. The molecule has 3 rings (SSSR count). The molecule has 2 heterocycles. The van der Waals surface area contributed by atoms with Crippen LogP contribution >= 0.6 is 0 Å². The van der Waals surface area contributed by atoms with Gasteiger partial charge in [-0.15, -0.1) is 0 Å². The van der Waals surface area contributed by atoms with Gasteiger partial charge in [0.25, 0.3) is 0 Å². The van der Waals surface area contributed by atoms with E-state index in [2.05, 4.69) is 10.3 Å². The first-order chi connectivity index (χ1) is 8.79. The second-order valence-corrected chi connectivity index (χ2v) is 4.93. The zero-order chi connectivity index (χ0) is 12.5. The summed E-state index contributed by atoms with van der Waals surface area (Å²) < 4.78 is 5.77. The van der Waals surface area contributed by atoms with Gasteiger partial charge in [0.2, 0.25) is 0 Å². The first-order valence-corrected chi connectivity index (χ1v) is 6.29. The SMILES string of the molecule is N#Cc1cc(NC2C(N)C3CCCOC32)ccn1. The van der Waals surface area contributed by atoms with Gasteiger partial charge in [0.05, 0.1) is 12.1 Å². The number of hydrogen-bond acceptors (Lipinski definition) is 5. The number of nitrogens with one attached hydrogen (secondary N) is 1. The van der Waals surface area contributed by atoms with Gasteiger partial charge in [-0.3, -0.25) is 0 Å². The molecule has 0 bridgehead atoms. The zero-order valence-electron chi connectivity index (χ0n) is 10.0. The summed E-state index contributed by atoms with van der Waals surface area (Å²) >= 11 is 0. The molecule has 3 N–H and O–H groups in total. The first-order valence-electron chi connectivity index (χ1n) is 6.29. The Morgan fingerprint density at radius 3 is 3.28 bits per heavy atom. The average molecular weight is 244 g/mol. The van der Waals surface area contributed by atoms with Crippen molar-refractivity contribution >= 4 is 5.69 Å². The lowest BCUT2D eigenvalue weighted by Gasteiger charge is -2.52. The van der Waals surface area contributed by atoms with E-state index in [0.29, 0.717) is 11.6 Å². The van der Waals surface area contributed by atoms with Crippen LogP contribution < -0.4 is 11.1 Å². The van der Waals surface area contributed by atoms with Crippen molar-refractivity contribution in [1.29, 1.82) is 5.26 Å². The van der Waals surface area contributed by atoms with Crippen molar-refractivity contribution in [2.45, 2.75) is 31.0 Å². The Hall–Kier alpha value is -1.64. The van der Waals surface area contributed by atoms with Crippen LogP contribution in [0.2, 0.25) is 0 Å². The van der Waals surface area contributed by atoms with Crippen LogP contribution in [0.1, 0.15) is 18.5 Å². The predicted molar refractivity (Wildman–Crippen MR) is 66.8 cm³/mol. The molecule has 1 aliphatic carbocycles. The van der Waals surface area contributed by atoms with Gasteiger partial charge in [0.15, 0.2) is 0 Å². The first kappa shape index (κ1) is 11.5. The molecule has 1 aromatic heterocycles. The van der Waals surface area contributed by atoms with Crippen molar-refractivity contribution in [3.8, 4) is 6.07 Å². The molecule has 1 aliphatic heterocycles. The summed E-state index contributed by atoms with van der Waals surface area (Å²) in [5, 5.41) is 12.2. The van der Waals surface area contributed by atoms with Crippen LogP contribution in [0, 0.1) is 17.2 Å². The van der Waals surface area contributed by atoms with Crippen molar-refractivity contribution in [1.82, 2.24) is 4.98 Å². The molecule has 4 unspecified atom stereocenters. The van der Waals surface area contributed by atoms with Crippen LogP contribution in [0.25, 0.3) is 0 Å². The molecule has 5 heteroatoms. The van der Waals surface area contributed by atoms with Gasteiger partial charge >= 0.3 is 0 Å². The molecule has 0 radical (unpaired) electrons. The smallest absolute Gasteiger partial charge is 0.142 e. The summed E-state index contributed by atoms with van der Waals surface area (Å²) in [7, 11) is 0. The highest BCUT2D eigenvalue weighted by molar-refractivity contribution is 5.48. The fraction of sp³-hybridized carbons (Fsp3) is 0.538. The predicted octanol–water partition coefficient (Wildman–Crippen LogP) is 0.870. The third kappa shape index (κ3) is 1.84. The normalized spacial score (nSPS) is 34.0. The van der Waals surface area contributed by atoms with Crippen LogP contribution in [0.5, 0.6) is 0 Å². The number of nitrogens with two attached hydrogens (primary N) is 1. The second-order valence-electron chi connectivity index (χ2n) is 4.93. The molecule has 2 fully saturated rings. The highest BCUT2D eigenvalue weighted by atomic mass is 16.5. The number of rotatable bonds is 2. The molecule has 0 spiro atoms. The van der Waals surface area contributed by atoms with E-state index in [-0.39, 0.29) is 18.2 Å².